The van der Waals surface area contributed by atoms with E-state index >= 15 is 0 Å². The van der Waals surface area contributed by atoms with Crippen LogP contribution in [0.4, 0.5) is 5.69 Å². The van der Waals surface area contributed by atoms with Gasteiger partial charge in [0.2, 0.25) is 5.69 Å². The Bertz CT molecular complexity index is 972. The molecule has 5 heteroatoms. The van der Waals surface area contributed by atoms with E-state index in [2.05, 4.69) is 62.6 Å². The molecule has 0 aliphatic carbocycles. The fraction of sp³-hybridized carbons (Fsp3) is 0.450. The molecule has 0 radical (unpaired) electrons. The fourth-order valence-corrected chi connectivity index (χ4v) is 4.43. The molecule has 0 spiro atoms. The molecule has 1 N–H and O–H groups in total. The quantitative estimate of drug-likeness (QED) is 0.494. The lowest BCUT2D eigenvalue weighted by atomic mass is 9.79. The van der Waals surface area contributed by atoms with Crippen LogP contribution in [-0.4, -0.2) is 35.6 Å². The highest BCUT2D eigenvalue weighted by molar-refractivity contribution is 7.85. The Morgan fingerprint density at radius 3 is 2.48 bits per heavy atom. The van der Waals surface area contributed by atoms with Crippen LogP contribution in [-0.2, 0) is 15.5 Å². The summed E-state index contributed by atoms with van der Waals surface area (Å²) in [5.41, 5.74) is 5.03. The third kappa shape index (κ3) is 3.35. The van der Waals surface area contributed by atoms with E-state index < -0.39 is 10.1 Å². The van der Waals surface area contributed by atoms with Crippen molar-refractivity contribution in [3.05, 3.63) is 41.5 Å². The average molecular weight is 360 g/mol. The lowest BCUT2D eigenvalue weighted by molar-refractivity contribution is -0.439. The molecule has 2 aromatic carbocycles. The third-order valence-corrected chi connectivity index (χ3v) is 6.22. The highest BCUT2D eigenvalue weighted by Gasteiger charge is 2.43. The highest BCUT2D eigenvalue weighted by atomic mass is 32.2. The maximum absolute atomic E-state index is 10.9. The Hall–Kier alpha value is -1.72. The fourth-order valence-electron chi connectivity index (χ4n) is 3.86. The van der Waals surface area contributed by atoms with E-state index in [1.165, 1.54) is 33.3 Å². The van der Waals surface area contributed by atoms with E-state index in [1.807, 2.05) is 0 Å². The molecule has 0 saturated heterocycles. The zero-order chi connectivity index (χ0) is 18.4. The van der Waals surface area contributed by atoms with Gasteiger partial charge in [0.05, 0.1) is 11.2 Å². The summed E-state index contributed by atoms with van der Waals surface area (Å²) in [4.78, 5) is 0. The van der Waals surface area contributed by atoms with Crippen LogP contribution in [0.3, 0.4) is 0 Å². The van der Waals surface area contributed by atoms with Gasteiger partial charge in [-0.25, -0.2) is 0 Å². The molecule has 0 fully saturated rings. The molecule has 4 nitrogen and oxygen atoms in total. The minimum Gasteiger partial charge on any atom is -0.286 e. The first-order valence-corrected chi connectivity index (χ1v) is 10.3. The minimum atomic E-state index is -3.88. The zero-order valence-electron chi connectivity index (χ0n) is 15.3. The first-order chi connectivity index (χ1) is 11.6. The van der Waals surface area contributed by atoms with Gasteiger partial charge in [-0.2, -0.15) is 13.0 Å². The number of benzene rings is 2. The van der Waals surface area contributed by atoms with E-state index in [0.717, 1.165) is 13.0 Å². The zero-order valence-corrected chi connectivity index (χ0v) is 16.2. The molecule has 1 aliphatic heterocycles. The Morgan fingerprint density at radius 1 is 1.08 bits per heavy atom. The smallest absolute Gasteiger partial charge is 0.264 e. The van der Waals surface area contributed by atoms with Crippen LogP contribution >= 0.6 is 0 Å². The van der Waals surface area contributed by atoms with Crippen LogP contribution in [0, 0.1) is 6.92 Å². The summed E-state index contributed by atoms with van der Waals surface area (Å²) in [6, 6.07) is 10.9. The molecule has 0 unspecified atom stereocenters. The van der Waals surface area contributed by atoms with E-state index in [9.17, 15) is 8.42 Å². The van der Waals surface area contributed by atoms with Crippen molar-refractivity contribution < 1.29 is 17.5 Å². The molecule has 0 bridgehead atoms. The van der Waals surface area contributed by atoms with Crippen LogP contribution in [0.2, 0.25) is 0 Å². The standard InChI is InChI=1S/C20H25NO3S/c1-14-7-9-17-16(13-14)8-10-18-19(17)20(3,4)15(2)21(18)11-5-6-12-25(22,23)24/h7-10,13H,5-6,11-12H2,1-4H3/p+1. The van der Waals surface area contributed by atoms with Gasteiger partial charge in [-0.15, -0.1) is 0 Å². The topological polar surface area (TPSA) is 57.4 Å². The normalized spacial score (nSPS) is 16.5. The third-order valence-electron chi connectivity index (χ3n) is 5.41. The van der Waals surface area contributed by atoms with E-state index in [0.29, 0.717) is 6.42 Å². The van der Waals surface area contributed by atoms with Crippen LogP contribution in [0.5, 0.6) is 0 Å². The lowest BCUT2D eigenvalue weighted by Gasteiger charge is -2.17. The van der Waals surface area contributed by atoms with Gasteiger partial charge in [0, 0.05) is 25.0 Å². The molecule has 2 aromatic rings. The van der Waals surface area contributed by atoms with E-state index in [-0.39, 0.29) is 11.2 Å². The largest absolute Gasteiger partial charge is 0.286 e. The summed E-state index contributed by atoms with van der Waals surface area (Å²) in [7, 11) is -3.88. The Kier molecular flexibility index (Phi) is 4.50. The van der Waals surface area contributed by atoms with Crippen molar-refractivity contribution in [1.29, 1.82) is 0 Å². The van der Waals surface area contributed by atoms with Crippen molar-refractivity contribution in [2.75, 3.05) is 12.3 Å². The van der Waals surface area contributed by atoms with Crippen LogP contribution in [0.25, 0.3) is 10.8 Å². The van der Waals surface area contributed by atoms with Gasteiger partial charge in [0.15, 0.2) is 5.71 Å². The van der Waals surface area contributed by atoms with Crippen molar-refractivity contribution >= 4 is 32.3 Å². The van der Waals surface area contributed by atoms with Crippen molar-refractivity contribution in [2.45, 2.75) is 46.0 Å². The van der Waals surface area contributed by atoms with Crippen LogP contribution < -0.4 is 0 Å². The SMILES string of the molecule is CC1=[N+](CCCCS(=O)(=O)O)c2ccc3cc(C)ccc3c2C1(C)C. The van der Waals surface area contributed by atoms with Gasteiger partial charge in [-0.05, 0) is 44.0 Å². The first kappa shape index (κ1) is 18.1. The highest BCUT2D eigenvalue weighted by Crippen LogP contribution is 2.43. The molecule has 1 aliphatic rings. The summed E-state index contributed by atoms with van der Waals surface area (Å²) in [5, 5.41) is 2.54. The molecule has 0 aromatic heterocycles. The van der Waals surface area contributed by atoms with Crippen molar-refractivity contribution in [3.63, 3.8) is 0 Å². The van der Waals surface area contributed by atoms with Gasteiger partial charge in [-0.1, -0.05) is 23.8 Å². The van der Waals surface area contributed by atoms with Crippen LogP contribution in [0.1, 0.15) is 44.7 Å². The van der Waals surface area contributed by atoms with Crippen molar-refractivity contribution in [3.8, 4) is 0 Å². The minimum absolute atomic E-state index is 0.0623. The summed E-state index contributed by atoms with van der Waals surface area (Å²) in [6.45, 7) is 9.52. The van der Waals surface area contributed by atoms with Gasteiger partial charge < -0.3 is 0 Å². The molecule has 1 heterocycles. The molecule has 25 heavy (non-hydrogen) atoms. The van der Waals surface area contributed by atoms with Gasteiger partial charge in [0.25, 0.3) is 10.1 Å². The van der Waals surface area contributed by atoms with Crippen molar-refractivity contribution in [1.82, 2.24) is 0 Å². The number of unbranched alkanes of at least 4 members (excludes halogenated alkanes) is 1. The van der Waals surface area contributed by atoms with Gasteiger partial charge in [-0.3, -0.25) is 4.55 Å². The van der Waals surface area contributed by atoms with Crippen LogP contribution in [0.15, 0.2) is 30.3 Å². The summed E-state index contributed by atoms with van der Waals surface area (Å²) >= 11 is 0. The number of nitrogens with zero attached hydrogens (tertiary/aromatic N) is 1. The molecular formula is C20H26NO3S+. The number of rotatable bonds is 5. The Morgan fingerprint density at radius 2 is 1.80 bits per heavy atom. The molecule has 0 amide bonds. The molecule has 0 saturated carbocycles. The van der Waals surface area contributed by atoms with E-state index in [4.69, 9.17) is 4.55 Å². The monoisotopic (exact) mass is 360 g/mol. The lowest BCUT2D eigenvalue weighted by Crippen LogP contribution is -2.27. The van der Waals surface area contributed by atoms with Gasteiger partial charge >= 0.3 is 0 Å². The molecular weight excluding hydrogens is 334 g/mol. The van der Waals surface area contributed by atoms with Crippen molar-refractivity contribution in [2.24, 2.45) is 0 Å². The number of fused-ring (bicyclic) bond motifs is 3. The summed E-state index contributed by atoms with van der Waals surface area (Å²) < 4.78 is 33.0. The Labute approximate surface area is 149 Å². The maximum Gasteiger partial charge on any atom is 0.264 e. The predicted molar refractivity (Wildman–Crippen MR) is 103 cm³/mol. The number of aryl methyl sites for hydroxylation is 1. The predicted octanol–water partition coefficient (Wildman–Crippen LogP) is 4.21. The second-order valence-corrected chi connectivity index (χ2v) is 9.11. The summed E-state index contributed by atoms with van der Waals surface area (Å²) in [6.07, 6.45) is 1.18. The Balaban J connectivity index is 1.97. The average Bonchev–Trinajstić information content (AvgIpc) is 2.70. The first-order valence-electron chi connectivity index (χ1n) is 8.72. The molecule has 134 valence electrons. The second-order valence-electron chi connectivity index (χ2n) is 7.54. The maximum atomic E-state index is 10.9. The van der Waals surface area contributed by atoms with Gasteiger partial charge in [0.1, 0.15) is 6.54 Å². The second kappa shape index (κ2) is 6.22. The number of hydrogen-bond acceptors (Lipinski definition) is 2. The molecule has 0 atom stereocenters. The number of hydrogen-bond donors (Lipinski definition) is 1. The molecule has 3 rings (SSSR count). The summed E-state index contributed by atoms with van der Waals surface area (Å²) in [5.74, 6) is -0.173. The van der Waals surface area contributed by atoms with E-state index in [1.54, 1.807) is 0 Å².